The summed E-state index contributed by atoms with van der Waals surface area (Å²) in [5.41, 5.74) is 1.55. The molecule has 1 amide bonds. The molecule has 1 N–H and O–H groups in total. The van der Waals surface area contributed by atoms with Gasteiger partial charge in [-0.25, -0.2) is 18.0 Å². The van der Waals surface area contributed by atoms with Crippen LogP contribution >= 0.6 is 11.3 Å². The Kier molecular flexibility index (Phi) is 7.38. The first-order valence-corrected chi connectivity index (χ1v) is 11.7. The Morgan fingerprint density at radius 2 is 1.73 bits per heavy atom. The second-order valence-electron chi connectivity index (χ2n) is 6.58. The average molecular weight is 454 g/mol. The maximum Gasteiger partial charge on any atom is 0.341 e. The molecule has 0 bridgehead atoms. The number of benzene rings is 1. The number of ether oxygens (including phenoxy) is 2. The van der Waals surface area contributed by atoms with E-state index >= 15 is 0 Å². The highest BCUT2D eigenvalue weighted by Crippen LogP contribution is 2.33. The van der Waals surface area contributed by atoms with Crippen LogP contribution in [-0.4, -0.2) is 45.7 Å². The third kappa shape index (κ3) is 5.45. The van der Waals surface area contributed by atoms with E-state index < -0.39 is 34.3 Å². The molecule has 0 aliphatic heterocycles. The molecule has 0 fully saturated rings. The fourth-order valence-corrected chi connectivity index (χ4v) is 4.30. The van der Waals surface area contributed by atoms with Crippen molar-refractivity contribution in [3.63, 3.8) is 0 Å². The Labute approximate surface area is 179 Å². The number of carbonyl (C=O) groups excluding carboxylic acids is 3. The number of hydrogen-bond acceptors (Lipinski definition) is 8. The first kappa shape index (κ1) is 23.6. The number of hydrogen-bond donors (Lipinski definition) is 1. The zero-order valence-electron chi connectivity index (χ0n) is 17.3. The Morgan fingerprint density at radius 3 is 2.33 bits per heavy atom. The Bertz CT molecular complexity index is 1100. The molecule has 0 radical (unpaired) electrons. The number of amides is 1. The summed E-state index contributed by atoms with van der Waals surface area (Å²) in [7, 11) is -3.50. The lowest BCUT2D eigenvalue weighted by Crippen LogP contribution is -2.22. The lowest BCUT2D eigenvalue weighted by Gasteiger charge is -2.10. The van der Waals surface area contributed by atoms with Gasteiger partial charge in [0.15, 0.2) is 16.4 Å². The van der Waals surface area contributed by atoms with Gasteiger partial charge in [0.25, 0.3) is 5.91 Å². The zero-order chi connectivity index (χ0) is 22.6. The molecular formula is C20H23NO7S2. The van der Waals surface area contributed by atoms with Gasteiger partial charge in [0.1, 0.15) is 5.00 Å². The van der Waals surface area contributed by atoms with E-state index in [2.05, 4.69) is 5.32 Å². The molecule has 0 atom stereocenters. The van der Waals surface area contributed by atoms with Crippen molar-refractivity contribution in [3.05, 3.63) is 45.3 Å². The molecule has 1 heterocycles. The van der Waals surface area contributed by atoms with Crippen LogP contribution in [0.5, 0.6) is 0 Å². The molecule has 1 aromatic carbocycles. The lowest BCUT2D eigenvalue weighted by atomic mass is 10.1. The minimum Gasteiger partial charge on any atom is -0.462 e. The van der Waals surface area contributed by atoms with Gasteiger partial charge in [0, 0.05) is 11.1 Å². The molecule has 2 aromatic rings. The van der Waals surface area contributed by atoms with Crippen LogP contribution in [0, 0.1) is 20.8 Å². The van der Waals surface area contributed by atoms with Crippen molar-refractivity contribution < 1.29 is 32.3 Å². The van der Waals surface area contributed by atoms with Crippen molar-refractivity contribution in [2.45, 2.75) is 32.6 Å². The van der Waals surface area contributed by atoms with Crippen molar-refractivity contribution in [3.8, 4) is 0 Å². The standard InChI is InChI=1S/C20H23NO7S2/c1-6-27-20(24)17-12(3)13(4)29-18(17)21-16(22)10-28-19(23)15-9-14(30(5,25)26)8-7-11(15)2/h7-9H,6,10H2,1-5H3,(H,21,22). The largest absolute Gasteiger partial charge is 0.462 e. The van der Waals surface area contributed by atoms with Gasteiger partial charge in [-0.15, -0.1) is 11.3 Å². The minimum absolute atomic E-state index is 0.0203. The van der Waals surface area contributed by atoms with E-state index in [-0.39, 0.29) is 22.6 Å². The maximum atomic E-state index is 12.4. The predicted molar refractivity (Wildman–Crippen MR) is 113 cm³/mol. The second kappa shape index (κ2) is 9.40. The third-order valence-corrected chi connectivity index (χ3v) is 6.54. The number of carbonyl (C=O) groups is 3. The number of rotatable bonds is 7. The van der Waals surface area contributed by atoms with Gasteiger partial charge in [0.05, 0.1) is 22.6 Å². The van der Waals surface area contributed by atoms with Gasteiger partial charge in [-0.3, -0.25) is 4.79 Å². The SMILES string of the molecule is CCOC(=O)c1c(NC(=O)COC(=O)c2cc(S(C)(=O)=O)ccc2C)sc(C)c1C. The summed E-state index contributed by atoms with van der Waals surface area (Å²) in [6.07, 6.45) is 1.03. The smallest absolute Gasteiger partial charge is 0.341 e. The van der Waals surface area contributed by atoms with Crippen LogP contribution in [-0.2, 0) is 24.1 Å². The van der Waals surface area contributed by atoms with Crippen molar-refractivity contribution in [2.75, 3.05) is 24.8 Å². The third-order valence-electron chi connectivity index (χ3n) is 4.31. The van der Waals surface area contributed by atoms with Gasteiger partial charge in [-0.05, 0) is 51.0 Å². The van der Waals surface area contributed by atoms with Gasteiger partial charge in [0.2, 0.25) is 0 Å². The van der Waals surface area contributed by atoms with Gasteiger partial charge in [-0.1, -0.05) is 6.07 Å². The summed E-state index contributed by atoms with van der Waals surface area (Å²) in [6, 6.07) is 4.11. The number of aryl methyl sites for hydroxylation is 2. The lowest BCUT2D eigenvalue weighted by molar-refractivity contribution is -0.119. The van der Waals surface area contributed by atoms with Crippen molar-refractivity contribution >= 4 is 44.0 Å². The van der Waals surface area contributed by atoms with E-state index in [0.717, 1.165) is 11.1 Å². The van der Waals surface area contributed by atoms with Crippen LogP contribution in [0.4, 0.5) is 5.00 Å². The fraction of sp³-hybridized carbons (Fsp3) is 0.350. The molecule has 0 aliphatic carbocycles. The van der Waals surface area contributed by atoms with E-state index in [1.807, 2.05) is 6.92 Å². The normalized spacial score (nSPS) is 11.1. The monoisotopic (exact) mass is 453 g/mol. The number of anilines is 1. The Hall–Kier alpha value is -2.72. The van der Waals surface area contributed by atoms with E-state index in [4.69, 9.17) is 9.47 Å². The molecule has 8 nitrogen and oxygen atoms in total. The molecule has 0 aliphatic rings. The number of thiophene rings is 1. The van der Waals surface area contributed by atoms with Crippen molar-refractivity contribution in [1.29, 1.82) is 0 Å². The predicted octanol–water partition coefficient (Wildman–Crippen LogP) is 3.05. The molecule has 1 aromatic heterocycles. The molecule has 0 saturated heterocycles. The minimum atomic E-state index is -3.50. The van der Waals surface area contributed by atoms with E-state index in [0.29, 0.717) is 16.1 Å². The molecule has 30 heavy (non-hydrogen) atoms. The van der Waals surface area contributed by atoms with Gasteiger partial charge < -0.3 is 14.8 Å². The summed E-state index contributed by atoms with van der Waals surface area (Å²) in [5, 5.41) is 2.89. The Balaban J connectivity index is 2.12. The topological polar surface area (TPSA) is 116 Å². The maximum absolute atomic E-state index is 12.4. The van der Waals surface area contributed by atoms with Gasteiger partial charge >= 0.3 is 11.9 Å². The van der Waals surface area contributed by atoms with Crippen molar-refractivity contribution in [1.82, 2.24) is 0 Å². The highest BCUT2D eigenvalue weighted by Gasteiger charge is 2.23. The van der Waals surface area contributed by atoms with E-state index in [1.165, 1.54) is 29.5 Å². The Morgan fingerprint density at radius 1 is 1.07 bits per heavy atom. The van der Waals surface area contributed by atoms with Crippen molar-refractivity contribution in [2.24, 2.45) is 0 Å². The zero-order valence-corrected chi connectivity index (χ0v) is 19.0. The van der Waals surface area contributed by atoms with Crippen LogP contribution in [0.25, 0.3) is 0 Å². The van der Waals surface area contributed by atoms with Crippen LogP contribution in [0.2, 0.25) is 0 Å². The van der Waals surface area contributed by atoms with Gasteiger partial charge in [-0.2, -0.15) is 0 Å². The quantitative estimate of drug-likeness (QED) is 0.641. The summed E-state index contributed by atoms with van der Waals surface area (Å²) < 4.78 is 33.5. The van der Waals surface area contributed by atoms with Crippen LogP contribution in [0.15, 0.2) is 23.1 Å². The highest BCUT2D eigenvalue weighted by molar-refractivity contribution is 7.90. The van der Waals surface area contributed by atoms with Crippen LogP contribution < -0.4 is 5.32 Å². The summed E-state index contributed by atoms with van der Waals surface area (Å²) in [6.45, 7) is 6.49. The highest BCUT2D eigenvalue weighted by atomic mass is 32.2. The molecule has 0 unspecified atom stereocenters. The number of nitrogens with one attached hydrogen (secondary N) is 1. The average Bonchev–Trinajstić information content (AvgIpc) is 2.92. The molecule has 10 heteroatoms. The molecule has 0 spiro atoms. The molecule has 0 saturated carbocycles. The number of sulfone groups is 1. The molecular weight excluding hydrogens is 430 g/mol. The van der Waals surface area contributed by atoms with Crippen LogP contribution in [0.3, 0.4) is 0 Å². The summed E-state index contributed by atoms with van der Waals surface area (Å²) in [4.78, 5) is 37.6. The fourth-order valence-electron chi connectivity index (χ4n) is 2.59. The second-order valence-corrected chi connectivity index (χ2v) is 9.82. The van der Waals surface area contributed by atoms with E-state index in [1.54, 1.807) is 20.8 Å². The van der Waals surface area contributed by atoms with E-state index in [9.17, 15) is 22.8 Å². The molecule has 162 valence electrons. The first-order valence-electron chi connectivity index (χ1n) is 9.00. The number of esters is 2. The van der Waals surface area contributed by atoms with Crippen LogP contribution in [0.1, 0.15) is 43.6 Å². The summed E-state index contributed by atoms with van der Waals surface area (Å²) in [5.74, 6) is -2.00. The first-order chi connectivity index (χ1) is 14.0. The summed E-state index contributed by atoms with van der Waals surface area (Å²) >= 11 is 1.22. The molecule has 2 rings (SSSR count).